The average molecular weight is 285 g/mol. The Morgan fingerprint density at radius 1 is 1.38 bits per heavy atom. The number of nitrogens with one attached hydrogen (secondary N) is 1. The van der Waals surface area contributed by atoms with Gasteiger partial charge >= 0.3 is 0 Å². The molecule has 1 aromatic heterocycles. The highest BCUT2D eigenvalue weighted by molar-refractivity contribution is 5.41. The summed E-state index contributed by atoms with van der Waals surface area (Å²) in [4.78, 5) is 0. The second-order valence-corrected chi connectivity index (χ2v) is 6.16. The molecule has 0 aliphatic carbocycles. The zero-order chi connectivity index (χ0) is 14.8. The van der Waals surface area contributed by atoms with Gasteiger partial charge in [-0.1, -0.05) is 26.0 Å². The monoisotopic (exact) mass is 285 g/mol. The fourth-order valence-corrected chi connectivity index (χ4v) is 2.89. The molecule has 0 saturated carbocycles. The second-order valence-electron chi connectivity index (χ2n) is 6.16. The van der Waals surface area contributed by atoms with Crippen LogP contribution in [0.5, 0.6) is 5.75 Å². The highest BCUT2D eigenvalue weighted by Gasteiger charge is 2.21. The molecule has 0 radical (unpaired) electrons. The molecule has 112 valence electrons. The predicted molar refractivity (Wildman–Crippen MR) is 85.0 cm³/mol. The molecule has 3 rings (SSSR count). The van der Waals surface area contributed by atoms with Crippen LogP contribution >= 0.6 is 0 Å². The predicted octanol–water partition coefficient (Wildman–Crippen LogP) is 3.30. The Balaban J connectivity index is 1.78. The number of anilines is 1. The maximum Gasteiger partial charge on any atom is 0.124 e. The Bertz CT molecular complexity index is 618. The van der Waals surface area contributed by atoms with Crippen LogP contribution in [0.25, 0.3) is 0 Å². The maximum absolute atomic E-state index is 5.32. The molecule has 1 aromatic carbocycles. The van der Waals surface area contributed by atoms with E-state index in [1.807, 2.05) is 6.07 Å². The van der Waals surface area contributed by atoms with Crippen molar-refractivity contribution in [3.05, 3.63) is 41.6 Å². The molecule has 1 aliphatic rings. The van der Waals surface area contributed by atoms with E-state index in [9.17, 15) is 0 Å². The summed E-state index contributed by atoms with van der Waals surface area (Å²) >= 11 is 0. The minimum atomic E-state index is 0.430. The Kier molecular flexibility index (Phi) is 3.86. The molecule has 1 N–H and O–H groups in total. The molecule has 1 aliphatic heterocycles. The van der Waals surface area contributed by atoms with E-state index >= 15 is 0 Å². The number of fused-ring (bicyclic) bond motifs is 1. The summed E-state index contributed by atoms with van der Waals surface area (Å²) in [6, 6.07) is 10.5. The van der Waals surface area contributed by atoms with Gasteiger partial charge in [-0.25, -0.2) is 4.68 Å². The summed E-state index contributed by atoms with van der Waals surface area (Å²) in [5.74, 6) is 3.12. The summed E-state index contributed by atoms with van der Waals surface area (Å²) in [6.45, 7) is 6.32. The lowest BCUT2D eigenvalue weighted by atomic mass is 9.97. The zero-order valence-corrected chi connectivity index (χ0v) is 13.0. The minimum Gasteiger partial charge on any atom is -0.497 e. The van der Waals surface area contributed by atoms with Crippen molar-refractivity contribution in [1.82, 2.24) is 9.78 Å². The van der Waals surface area contributed by atoms with Crippen molar-refractivity contribution in [1.29, 1.82) is 0 Å². The van der Waals surface area contributed by atoms with Gasteiger partial charge in [0.15, 0.2) is 0 Å². The Morgan fingerprint density at radius 2 is 2.24 bits per heavy atom. The molecule has 2 aromatic rings. The fourth-order valence-electron chi connectivity index (χ4n) is 2.89. The third-order valence-electron chi connectivity index (χ3n) is 3.94. The lowest BCUT2D eigenvalue weighted by Gasteiger charge is -2.25. The molecule has 1 atom stereocenters. The lowest BCUT2D eigenvalue weighted by molar-refractivity contribution is 0.412. The van der Waals surface area contributed by atoms with Crippen LogP contribution in [0.3, 0.4) is 0 Å². The molecular weight excluding hydrogens is 262 g/mol. The number of nitrogens with zero attached hydrogens (tertiary/aromatic N) is 2. The van der Waals surface area contributed by atoms with Crippen LogP contribution < -0.4 is 10.1 Å². The van der Waals surface area contributed by atoms with E-state index in [1.54, 1.807) is 7.11 Å². The maximum atomic E-state index is 5.32. The minimum absolute atomic E-state index is 0.430. The molecule has 2 heterocycles. The summed E-state index contributed by atoms with van der Waals surface area (Å²) in [5.41, 5.74) is 2.48. The topological polar surface area (TPSA) is 39.1 Å². The summed E-state index contributed by atoms with van der Waals surface area (Å²) in [6.07, 6.45) is 1.03. The van der Waals surface area contributed by atoms with Crippen molar-refractivity contribution in [2.24, 2.45) is 5.92 Å². The van der Waals surface area contributed by atoms with E-state index in [1.165, 1.54) is 11.3 Å². The molecule has 0 bridgehead atoms. The number of rotatable bonds is 4. The highest BCUT2D eigenvalue weighted by atomic mass is 16.5. The summed E-state index contributed by atoms with van der Waals surface area (Å²) in [7, 11) is 1.71. The van der Waals surface area contributed by atoms with Gasteiger partial charge in [0.2, 0.25) is 0 Å². The first kappa shape index (κ1) is 14.0. The number of methoxy groups -OCH3 is 1. The normalized spacial score (nSPS) is 17.4. The van der Waals surface area contributed by atoms with Gasteiger partial charge in [0.25, 0.3) is 0 Å². The fraction of sp³-hybridized carbons (Fsp3) is 0.471. The highest BCUT2D eigenvalue weighted by Crippen LogP contribution is 2.28. The Morgan fingerprint density at radius 3 is 3.00 bits per heavy atom. The molecule has 21 heavy (non-hydrogen) atoms. The van der Waals surface area contributed by atoms with E-state index in [0.717, 1.165) is 31.1 Å². The Labute approximate surface area is 126 Å². The number of benzene rings is 1. The molecular formula is C17H23N3O. The van der Waals surface area contributed by atoms with Gasteiger partial charge in [-0.3, -0.25) is 0 Å². The molecule has 0 fully saturated rings. The molecule has 4 nitrogen and oxygen atoms in total. The second kappa shape index (κ2) is 5.80. The third kappa shape index (κ3) is 3.04. The van der Waals surface area contributed by atoms with Gasteiger partial charge in [-0.2, -0.15) is 5.10 Å². The SMILES string of the molecule is COc1cccc(C2CNc3cc(CC(C)C)nn3C2)c1. The van der Waals surface area contributed by atoms with E-state index in [4.69, 9.17) is 9.84 Å². The van der Waals surface area contributed by atoms with Crippen molar-refractivity contribution in [3.63, 3.8) is 0 Å². The van der Waals surface area contributed by atoms with Crippen LogP contribution in [0.15, 0.2) is 30.3 Å². The van der Waals surface area contributed by atoms with Crippen LogP contribution in [0.2, 0.25) is 0 Å². The van der Waals surface area contributed by atoms with Crippen molar-refractivity contribution in [2.45, 2.75) is 32.7 Å². The van der Waals surface area contributed by atoms with Crippen LogP contribution in [-0.2, 0) is 13.0 Å². The summed E-state index contributed by atoms with van der Waals surface area (Å²) in [5, 5.41) is 8.23. The molecule has 1 unspecified atom stereocenters. The number of hydrogen-bond donors (Lipinski definition) is 1. The number of ether oxygens (including phenoxy) is 1. The van der Waals surface area contributed by atoms with Crippen molar-refractivity contribution in [3.8, 4) is 5.75 Å². The number of aromatic nitrogens is 2. The largest absolute Gasteiger partial charge is 0.497 e. The summed E-state index contributed by atoms with van der Waals surface area (Å²) < 4.78 is 7.42. The van der Waals surface area contributed by atoms with Gasteiger partial charge in [0, 0.05) is 18.5 Å². The first-order valence-electron chi connectivity index (χ1n) is 7.60. The van der Waals surface area contributed by atoms with Crippen LogP contribution in [0, 0.1) is 5.92 Å². The Hall–Kier alpha value is -1.97. The van der Waals surface area contributed by atoms with Crippen molar-refractivity contribution >= 4 is 5.82 Å². The van der Waals surface area contributed by atoms with Gasteiger partial charge in [-0.15, -0.1) is 0 Å². The van der Waals surface area contributed by atoms with E-state index in [-0.39, 0.29) is 0 Å². The molecule has 0 spiro atoms. The van der Waals surface area contributed by atoms with Crippen LogP contribution in [0.4, 0.5) is 5.82 Å². The van der Waals surface area contributed by atoms with E-state index < -0.39 is 0 Å². The zero-order valence-electron chi connectivity index (χ0n) is 13.0. The smallest absolute Gasteiger partial charge is 0.124 e. The van der Waals surface area contributed by atoms with Gasteiger partial charge in [-0.05, 0) is 30.0 Å². The van der Waals surface area contributed by atoms with Gasteiger partial charge in [0.05, 0.1) is 19.3 Å². The van der Waals surface area contributed by atoms with Crippen LogP contribution in [0.1, 0.15) is 31.0 Å². The first-order valence-corrected chi connectivity index (χ1v) is 7.60. The van der Waals surface area contributed by atoms with Crippen molar-refractivity contribution < 1.29 is 4.74 Å². The standard InChI is InChI=1S/C17H23N3O/c1-12(2)7-15-9-17-18-10-14(11-20(17)19-15)13-5-4-6-16(8-13)21-3/h4-6,8-9,12,14,18H,7,10-11H2,1-3H3. The van der Waals surface area contributed by atoms with E-state index in [2.05, 4.69) is 48.1 Å². The van der Waals surface area contributed by atoms with Gasteiger partial charge in [0.1, 0.15) is 11.6 Å². The average Bonchev–Trinajstić information content (AvgIpc) is 2.87. The van der Waals surface area contributed by atoms with Gasteiger partial charge < -0.3 is 10.1 Å². The van der Waals surface area contributed by atoms with E-state index in [0.29, 0.717) is 11.8 Å². The lowest BCUT2D eigenvalue weighted by Crippen LogP contribution is -2.26. The third-order valence-corrected chi connectivity index (χ3v) is 3.94. The molecule has 4 heteroatoms. The number of hydrogen-bond acceptors (Lipinski definition) is 3. The van der Waals surface area contributed by atoms with Crippen molar-refractivity contribution in [2.75, 3.05) is 19.0 Å². The quantitative estimate of drug-likeness (QED) is 0.937. The van der Waals surface area contributed by atoms with Crippen LogP contribution in [-0.4, -0.2) is 23.4 Å². The molecule has 0 saturated heterocycles. The molecule has 0 amide bonds. The first-order chi connectivity index (χ1) is 10.2.